The zero-order chi connectivity index (χ0) is 14.5. The smallest absolute Gasteiger partial charge is 0.238 e. The number of rotatable bonds is 5. The fourth-order valence-electron chi connectivity index (χ4n) is 2.77. The number of nitrogens with one attached hydrogen (secondary N) is 1. The molecule has 0 aromatic heterocycles. The van der Waals surface area contributed by atoms with Gasteiger partial charge in [0.25, 0.3) is 0 Å². The van der Waals surface area contributed by atoms with Crippen molar-refractivity contribution in [3.8, 4) is 0 Å². The van der Waals surface area contributed by atoms with Crippen molar-refractivity contribution in [1.29, 1.82) is 0 Å². The maximum atomic E-state index is 13.1. The molecule has 1 saturated carbocycles. The predicted molar refractivity (Wildman–Crippen MR) is 78.9 cm³/mol. The van der Waals surface area contributed by atoms with Crippen molar-refractivity contribution in [3.05, 3.63) is 24.0 Å². The Labute approximate surface area is 119 Å². The van der Waals surface area contributed by atoms with Crippen LogP contribution in [0.4, 0.5) is 15.8 Å². The Morgan fingerprint density at radius 1 is 1.45 bits per heavy atom. The lowest BCUT2D eigenvalue weighted by atomic mass is 10.2. The normalized spacial score (nSPS) is 15.8. The van der Waals surface area contributed by atoms with E-state index in [4.69, 9.17) is 5.73 Å². The van der Waals surface area contributed by atoms with Crippen LogP contribution < -0.4 is 11.1 Å². The van der Waals surface area contributed by atoms with E-state index in [0.717, 1.165) is 6.54 Å². The molecule has 1 aliphatic rings. The molecule has 110 valence electrons. The number of likely N-dealkylation sites (N-methyl/N-ethyl adjacent to an activating group) is 1. The van der Waals surface area contributed by atoms with Crippen LogP contribution in [-0.2, 0) is 4.79 Å². The van der Waals surface area contributed by atoms with Crippen LogP contribution in [0.25, 0.3) is 0 Å². The highest BCUT2D eigenvalue weighted by atomic mass is 19.1. The molecule has 1 aliphatic carbocycles. The summed E-state index contributed by atoms with van der Waals surface area (Å²) in [5, 5.41) is 2.77. The van der Waals surface area contributed by atoms with E-state index in [9.17, 15) is 9.18 Å². The molecule has 1 fully saturated rings. The third-order valence-electron chi connectivity index (χ3n) is 3.87. The summed E-state index contributed by atoms with van der Waals surface area (Å²) in [5.41, 5.74) is 6.07. The molecule has 0 aliphatic heterocycles. The van der Waals surface area contributed by atoms with Crippen molar-refractivity contribution < 1.29 is 9.18 Å². The minimum absolute atomic E-state index is 0.0472. The zero-order valence-electron chi connectivity index (χ0n) is 11.9. The number of carbonyl (C=O) groups excluding carboxylic acids is 1. The van der Waals surface area contributed by atoms with Crippen LogP contribution >= 0.6 is 0 Å². The highest BCUT2D eigenvalue weighted by Gasteiger charge is 2.23. The van der Waals surface area contributed by atoms with Crippen LogP contribution in [-0.4, -0.2) is 29.9 Å². The second-order valence-electron chi connectivity index (χ2n) is 5.29. The number of nitrogens with zero attached hydrogens (tertiary/aromatic N) is 1. The number of hydrogen-bond donors (Lipinski definition) is 2. The Morgan fingerprint density at radius 3 is 2.75 bits per heavy atom. The summed E-state index contributed by atoms with van der Waals surface area (Å²) in [5.74, 6) is -0.547. The molecule has 0 radical (unpaired) electrons. The second-order valence-corrected chi connectivity index (χ2v) is 5.29. The molecule has 0 spiro atoms. The van der Waals surface area contributed by atoms with Gasteiger partial charge in [-0.1, -0.05) is 19.8 Å². The molecule has 1 amide bonds. The van der Waals surface area contributed by atoms with E-state index in [2.05, 4.69) is 17.1 Å². The molecule has 2 rings (SSSR count). The summed E-state index contributed by atoms with van der Waals surface area (Å²) in [7, 11) is 0. The maximum Gasteiger partial charge on any atom is 0.238 e. The Balaban J connectivity index is 1.91. The Hall–Kier alpha value is -1.62. The quantitative estimate of drug-likeness (QED) is 0.815. The van der Waals surface area contributed by atoms with Crippen molar-refractivity contribution in [2.45, 2.75) is 38.6 Å². The van der Waals surface area contributed by atoms with Gasteiger partial charge in [-0.3, -0.25) is 9.69 Å². The Kier molecular flexibility index (Phi) is 4.95. The summed E-state index contributed by atoms with van der Waals surface area (Å²) in [4.78, 5) is 14.3. The number of carbonyl (C=O) groups is 1. The van der Waals surface area contributed by atoms with E-state index in [1.807, 2.05) is 0 Å². The van der Waals surface area contributed by atoms with Crippen LogP contribution in [0.3, 0.4) is 0 Å². The third kappa shape index (κ3) is 3.70. The first-order chi connectivity index (χ1) is 9.60. The maximum absolute atomic E-state index is 13.1. The number of benzene rings is 1. The third-order valence-corrected chi connectivity index (χ3v) is 3.87. The van der Waals surface area contributed by atoms with Crippen molar-refractivity contribution in [3.63, 3.8) is 0 Å². The van der Waals surface area contributed by atoms with Gasteiger partial charge in [0.05, 0.1) is 12.2 Å². The topological polar surface area (TPSA) is 58.4 Å². The van der Waals surface area contributed by atoms with Gasteiger partial charge in [0.15, 0.2) is 0 Å². The first-order valence-corrected chi connectivity index (χ1v) is 7.19. The molecule has 0 atom stereocenters. The molecule has 0 saturated heterocycles. The fraction of sp³-hybridized carbons (Fsp3) is 0.533. The summed E-state index contributed by atoms with van der Waals surface area (Å²) in [6.07, 6.45) is 4.84. The Bertz CT molecular complexity index is 472. The number of nitrogens with two attached hydrogens (primary N) is 1. The van der Waals surface area contributed by atoms with Crippen LogP contribution in [0.15, 0.2) is 18.2 Å². The Morgan fingerprint density at radius 2 is 2.15 bits per heavy atom. The van der Waals surface area contributed by atoms with Crippen LogP contribution in [0.1, 0.15) is 32.6 Å². The van der Waals surface area contributed by atoms with Crippen molar-refractivity contribution in [1.82, 2.24) is 4.90 Å². The average molecular weight is 279 g/mol. The van der Waals surface area contributed by atoms with Crippen LogP contribution in [0.2, 0.25) is 0 Å². The first kappa shape index (κ1) is 14.8. The number of anilines is 2. The van der Waals surface area contributed by atoms with E-state index in [1.54, 1.807) is 0 Å². The summed E-state index contributed by atoms with van der Waals surface area (Å²) in [6.45, 7) is 3.31. The summed E-state index contributed by atoms with van der Waals surface area (Å²) in [6, 6.07) is 4.75. The molecule has 0 unspecified atom stereocenters. The van der Waals surface area contributed by atoms with Gasteiger partial charge in [-0.25, -0.2) is 4.39 Å². The molecule has 20 heavy (non-hydrogen) atoms. The minimum Gasteiger partial charge on any atom is -0.396 e. The van der Waals surface area contributed by atoms with Crippen LogP contribution in [0, 0.1) is 5.82 Å². The van der Waals surface area contributed by atoms with Gasteiger partial charge >= 0.3 is 0 Å². The van der Waals surface area contributed by atoms with Gasteiger partial charge in [-0.2, -0.15) is 0 Å². The van der Waals surface area contributed by atoms with Crippen molar-refractivity contribution >= 4 is 17.3 Å². The molecular weight excluding hydrogens is 257 g/mol. The molecule has 5 heteroatoms. The molecule has 1 aromatic carbocycles. The predicted octanol–water partition coefficient (Wildman–Crippen LogP) is 2.61. The molecule has 3 N–H and O–H groups in total. The van der Waals surface area contributed by atoms with E-state index in [1.165, 1.54) is 43.9 Å². The van der Waals surface area contributed by atoms with Gasteiger partial charge < -0.3 is 11.1 Å². The highest BCUT2D eigenvalue weighted by Crippen LogP contribution is 2.23. The van der Waals surface area contributed by atoms with E-state index in [-0.39, 0.29) is 11.6 Å². The lowest BCUT2D eigenvalue weighted by Gasteiger charge is -2.26. The van der Waals surface area contributed by atoms with Gasteiger partial charge in [0, 0.05) is 11.7 Å². The van der Waals surface area contributed by atoms with Gasteiger partial charge in [0.1, 0.15) is 5.82 Å². The van der Waals surface area contributed by atoms with Gasteiger partial charge in [-0.15, -0.1) is 0 Å². The summed E-state index contributed by atoms with van der Waals surface area (Å²) < 4.78 is 13.1. The molecule has 0 bridgehead atoms. The fourth-order valence-corrected chi connectivity index (χ4v) is 2.77. The molecule has 4 nitrogen and oxygen atoms in total. The monoisotopic (exact) mass is 279 g/mol. The number of nitrogen functional groups attached to an aromatic ring is 1. The zero-order valence-corrected chi connectivity index (χ0v) is 11.9. The SMILES string of the molecule is CCN(CC(=O)Nc1ccc(F)c(N)c1)C1CCCC1. The lowest BCUT2D eigenvalue weighted by molar-refractivity contribution is -0.117. The molecule has 1 aromatic rings. The van der Waals surface area contributed by atoms with Crippen LogP contribution in [0.5, 0.6) is 0 Å². The van der Waals surface area contributed by atoms with Crippen molar-refractivity contribution in [2.75, 3.05) is 24.1 Å². The van der Waals surface area contributed by atoms with E-state index < -0.39 is 5.82 Å². The van der Waals surface area contributed by atoms with E-state index in [0.29, 0.717) is 18.3 Å². The van der Waals surface area contributed by atoms with E-state index >= 15 is 0 Å². The van der Waals surface area contributed by atoms with Crippen molar-refractivity contribution in [2.24, 2.45) is 0 Å². The standard InChI is InChI=1S/C15H22FN3O/c1-2-19(12-5-3-4-6-12)10-15(20)18-11-7-8-13(16)14(17)9-11/h7-9,12H,2-6,10,17H2,1H3,(H,18,20). The average Bonchev–Trinajstić information content (AvgIpc) is 2.94. The molecule has 0 heterocycles. The lowest BCUT2D eigenvalue weighted by Crippen LogP contribution is -2.39. The molecular formula is C15H22FN3O. The van der Waals surface area contributed by atoms with Gasteiger partial charge in [0.2, 0.25) is 5.91 Å². The first-order valence-electron chi connectivity index (χ1n) is 7.19. The largest absolute Gasteiger partial charge is 0.396 e. The minimum atomic E-state index is -0.468. The highest BCUT2D eigenvalue weighted by molar-refractivity contribution is 5.92. The summed E-state index contributed by atoms with van der Waals surface area (Å²) >= 11 is 0. The van der Waals surface area contributed by atoms with Gasteiger partial charge in [-0.05, 0) is 37.6 Å². The number of amides is 1. The second kappa shape index (κ2) is 6.70. The number of halogens is 1. The number of hydrogen-bond acceptors (Lipinski definition) is 3.